The fraction of sp³-hybridized carbons (Fsp3) is 0.222. The van der Waals surface area contributed by atoms with Gasteiger partial charge in [-0.25, -0.2) is 20.2 Å². The predicted octanol–water partition coefficient (Wildman–Crippen LogP) is -0.460. The number of hydrogen-bond acceptors (Lipinski definition) is 5. The topological polar surface area (TPSA) is 103 Å². The van der Waals surface area contributed by atoms with Gasteiger partial charge in [0.2, 0.25) is 0 Å². The van der Waals surface area contributed by atoms with E-state index in [1.54, 1.807) is 12.1 Å². The average Bonchev–Trinajstić information content (AvgIpc) is 2.63. The molecule has 1 unspecified atom stereocenters. The molecular formula is C9H10N4O3. The van der Waals surface area contributed by atoms with Crippen LogP contribution in [0.5, 0.6) is 0 Å². The molecule has 2 aromatic rings. The van der Waals surface area contributed by atoms with Crippen LogP contribution in [0.4, 0.5) is 0 Å². The number of hydrogen-bond donors (Lipinski definition) is 2. The average molecular weight is 222 g/mol. The van der Waals surface area contributed by atoms with Gasteiger partial charge in [0.25, 0.3) is 5.91 Å². The van der Waals surface area contributed by atoms with Crippen LogP contribution in [0.3, 0.4) is 0 Å². The van der Waals surface area contributed by atoms with Crippen LogP contribution >= 0.6 is 0 Å². The Bertz CT molecular complexity index is 586. The first-order valence-electron chi connectivity index (χ1n) is 4.61. The molecule has 0 radical (unpaired) electrons. The number of aromatic nitrogens is 2. The summed E-state index contributed by atoms with van der Waals surface area (Å²) >= 11 is 0. The molecule has 3 N–H and O–H groups in total. The smallest absolute Gasteiger partial charge is 0.406 e. The molecule has 84 valence electrons. The van der Waals surface area contributed by atoms with Crippen LogP contribution in [0.2, 0.25) is 0 Å². The number of hydrazine groups is 1. The number of amides is 1. The SMILES string of the molecule is CC(C(=O)NN)n1c(=O)oc2cccnc21. The Hall–Kier alpha value is -2.15. The number of rotatable bonds is 2. The Balaban J connectivity index is 2.64. The molecule has 2 rings (SSSR count). The number of nitrogens with one attached hydrogen (secondary N) is 1. The number of carbonyl (C=O) groups excluding carboxylic acids is 1. The summed E-state index contributed by atoms with van der Waals surface area (Å²) in [5, 5.41) is 0. The van der Waals surface area contributed by atoms with Crippen molar-refractivity contribution in [2.45, 2.75) is 13.0 Å². The van der Waals surface area contributed by atoms with Crippen LogP contribution in [-0.2, 0) is 4.79 Å². The van der Waals surface area contributed by atoms with Gasteiger partial charge < -0.3 is 4.42 Å². The van der Waals surface area contributed by atoms with Crippen molar-refractivity contribution in [1.82, 2.24) is 15.0 Å². The molecule has 0 aromatic carbocycles. The van der Waals surface area contributed by atoms with Crippen LogP contribution in [0.1, 0.15) is 13.0 Å². The van der Waals surface area contributed by atoms with E-state index in [1.165, 1.54) is 13.1 Å². The molecule has 2 heterocycles. The van der Waals surface area contributed by atoms with E-state index in [1.807, 2.05) is 5.43 Å². The predicted molar refractivity (Wildman–Crippen MR) is 55.3 cm³/mol. The van der Waals surface area contributed by atoms with Crippen LogP contribution in [0.25, 0.3) is 11.2 Å². The molecule has 0 aliphatic carbocycles. The van der Waals surface area contributed by atoms with Gasteiger partial charge in [-0.15, -0.1) is 0 Å². The first kappa shape index (κ1) is 10.4. The summed E-state index contributed by atoms with van der Waals surface area (Å²) in [6.07, 6.45) is 1.51. The molecule has 0 saturated heterocycles. The number of carbonyl (C=O) groups is 1. The lowest BCUT2D eigenvalue weighted by atomic mass is 10.3. The molecule has 0 saturated carbocycles. The highest BCUT2D eigenvalue weighted by molar-refractivity contribution is 5.81. The van der Waals surface area contributed by atoms with E-state index in [0.29, 0.717) is 11.2 Å². The molecule has 0 aliphatic rings. The highest BCUT2D eigenvalue weighted by atomic mass is 16.4. The van der Waals surface area contributed by atoms with Crippen molar-refractivity contribution in [2.24, 2.45) is 5.84 Å². The van der Waals surface area contributed by atoms with Crippen molar-refractivity contribution < 1.29 is 9.21 Å². The maximum absolute atomic E-state index is 11.5. The van der Waals surface area contributed by atoms with Crippen molar-refractivity contribution in [3.8, 4) is 0 Å². The minimum Gasteiger partial charge on any atom is -0.406 e. The maximum atomic E-state index is 11.5. The van der Waals surface area contributed by atoms with Gasteiger partial charge in [0, 0.05) is 6.20 Å². The monoisotopic (exact) mass is 222 g/mol. The first-order valence-corrected chi connectivity index (χ1v) is 4.61. The summed E-state index contributed by atoms with van der Waals surface area (Å²) in [6.45, 7) is 1.53. The molecule has 1 amide bonds. The van der Waals surface area contributed by atoms with Gasteiger partial charge in [-0.3, -0.25) is 10.2 Å². The number of fused-ring (bicyclic) bond motifs is 1. The maximum Gasteiger partial charge on any atom is 0.421 e. The molecule has 0 bridgehead atoms. The normalized spacial score (nSPS) is 12.6. The zero-order valence-electron chi connectivity index (χ0n) is 8.51. The minimum absolute atomic E-state index is 0.323. The lowest BCUT2D eigenvalue weighted by Gasteiger charge is -2.09. The fourth-order valence-electron chi connectivity index (χ4n) is 1.45. The summed E-state index contributed by atoms with van der Waals surface area (Å²) in [5.74, 6) is 3.88. The largest absolute Gasteiger partial charge is 0.421 e. The number of nitrogens with zero attached hydrogens (tertiary/aromatic N) is 2. The van der Waals surface area contributed by atoms with E-state index in [4.69, 9.17) is 10.3 Å². The highest BCUT2D eigenvalue weighted by Crippen LogP contribution is 2.13. The van der Waals surface area contributed by atoms with Gasteiger partial charge in [0.1, 0.15) is 6.04 Å². The molecule has 0 fully saturated rings. The quantitative estimate of drug-likeness (QED) is 0.406. The number of nitrogens with two attached hydrogens (primary N) is 1. The van der Waals surface area contributed by atoms with E-state index in [2.05, 4.69) is 4.98 Å². The van der Waals surface area contributed by atoms with Gasteiger partial charge in [-0.05, 0) is 19.1 Å². The molecular weight excluding hydrogens is 212 g/mol. The summed E-state index contributed by atoms with van der Waals surface area (Å²) in [5.41, 5.74) is 2.64. The van der Waals surface area contributed by atoms with Crippen LogP contribution < -0.4 is 17.0 Å². The van der Waals surface area contributed by atoms with Crippen molar-refractivity contribution in [3.05, 3.63) is 28.9 Å². The van der Waals surface area contributed by atoms with E-state index >= 15 is 0 Å². The first-order chi connectivity index (χ1) is 7.65. The summed E-state index contributed by atoms with van der Waals surface area (Å²) in [6, 6.07) is 2.48. The van der Waals surface area contributed by atoms with Gasteiger partial charge in [-0.2, -0.15) is 0 Å². The Labute approximate surface area is 89.8 Å². The van der Waals surface area contributed by atoms with E-state index in [0.717, 1.165) is 4.57 Å². The third-order valence-corrected chi connectivity index (χ3v) is 2.28. The van der Waals surface area contributed by atoms with Gasteiger partial charge in [0.15, 0.2) is 11.2 Å². The minimum atomic E-state index is -0.770. The second-order valence-corrected chi connectivity index (χ2v) is 3.25. The van der Waals surface area contributed by atoms with Gasteiger partial charge >= 0.3 is 5.76 Å². The summed E-state index contributed by atoms with van der Waals surface area (Å²) in [4.78, 5) is 26.9. The molecule has 16 heavy (non-hydrogen) atoms. The molecule has 2 aromatic heterocycles. The standard InChI is InChI=1S/C9H10N4O3/c1-5(8(14)12-10)13-7-6(16-9(13)15)3-2-4-11-7/h2-5H,10H2,1H3,(H,12,14). The summed E-state index contributed by atoms with van der Waals surface area (Å²) < 4.78 is 6.09. The van der Waals surface area contributed by atoms with Crippen molar-refractivity contribution >= 4 is 17.1 Å². The van der Waals surface area contributed by atoms with E-state index < -0.39 is 17.7 Å². The van der Waals surface area contributed by atoms with Crippen molar-refractivity contribution in [2.75, 3.05) is 0 Å². The van der Waals surface area contributed by atoms with Crippen LogP contribution in [-0.4, -0.2) is 15.5 Å². The Morgan fingerprint density at radius 3 is 3.12 bits per heavy atom. The fourth-order valence-corrected chi connectivity index (χ4v) is 1.45. The van der Waals surface area contributed by atoms with Crippen LogP contribution in [0.15, 0.2) is 27.5 Å². The molecule has 7 heteroatoms. The van der Waals surface area contributed by atoms with Gasteiger partial charge in [0.05, 0.1) is 0 Å². The zero-order chi connectivity index (χ0) is 11.7. The Morgan fingerprint density at radius 1 is 1.69 bits per heavy atom. The lowest BCUT2D eigenvalue weighted by Crippen LogP contribution is -2.38. The third kappa shape index (κ3) is 1.47. The molecule has 7 nitrogen and oxygen atoms in total. The zero-order valence-corrected chi connectivity index (χ0v) is 8.51. The van der Waals surface area contributed by atoms with E-state index in [9.17, 15) is 9.59 Å². The van der Waals surface area contributed by atoms with E-state index in [-0.39, 0.29) is 0 Å². The summed E-state index contributed by atoms with van der Waals surface area (Å²) in [7, 11) is 0. The molecule has 0 aliphatic heterocycles. The Kier molecular flexibility index (Phi) is 2.45. The van der Waals surface area contributed by atoms with Crippen molar-refractivity contribution in [1.29, 1.82) is 0 Å². The number of oxazole rings is 1. The molecule has 1 atom stereocenters. The highest BCUT2D eigenvalue weighted by Gasteiger charge is 2.20. The van der Waals surface area contributed by atoms with Gasteiger partial charge in [-0.1, -0.05) is 0 Å². The van der Waals surface area contributed by atoms with Crippen molar-refractivity contribution in [3.63, 3.8) is 0 Å². The Morgan fingerprint density at radius 2 is 2.44 bits per heavy atom. The third-order valence-electron chi connectivity index (χ3n) is 2.28. The second-order valence-electron chi connectivity index (χ2n) is 3.25. The molecule has 0 spiro atoms. The lowest BCUT2D eigenvalue weighted by molar-refractivity contribution is -0.124. The van der Waals surface area contributed by atoms with Crippen LogP contribution in [0, 0.1) is 0 Å². The number of pyridine rings is 1. The second kappa shape index (κ2) is 3.78.